The van der Waals surface area contributed by atoms with Crippen molar-refractivity contribution in [2.24, 2.45) is 0 Å². The SMILES string of the molecule is O=C(O)CCCOCCc1ccsc1. The summed E-state index contributed by atoms with van der Waals surface area (Å²) < 4.78 is 5.30. The molecule has 0 aliphatic carbocycles. The first-order chi connectivity index (χ1) is 6.79. The Bertz CT molecular complexity index is 256. The van der Waals surface area contributed by atoms with Gasteiger partial charge in [0.05, 0.1) is 6.61 Å². The maximum atomic E-state index is 10.2. The van der Waals surface area contributed by atoms with E-state index in [1.807, 2.05) is 5.38 Å². The third kappa shape index (κ3) is 4.99. The van der Waals surface area contributed by atoms with Crippen molar-refractivity contribution in [3.8, 4) is 0 Å². The zero-order valence-electron chi connectivity index (χ0n) is 7.94. The number of hydrogen-bond donors (Lipinski definition) is 1. The molecule has 3 nitrogen and oxygen atoms in total. The van der Waals surface area contributed by atoms with Gasteiger partial charge in [0.25, 0.3) is 0 Å². The Balaban J connectivity index is 1.92. The molecule has 0 saturated carbocycles. The van der Waals surface area contributed by atoms with Crippen LogP contribution in [0.15, 0.2) is 16.8 Å². The van der Waals surface area contributed by atoms with Gasteiger partial charge in [-0.3, -0.25) is 4.79 Å². The molecule has 1 aromatic rings. The highest BCUT2D eigenvalue weighted by Crippen LogP contribution is 2.06. The van der Waals surface area contributed by atoms with Crippen molar-refractivity contribution in [3.63, 3.8) is 0 Å². The van der Waals surface area contributed by atoms with Gasteiger partial charge in [-0.25, -0.2) is 0 Å². The molecule has 0 aromatic carbocycles. The van der Waals surface area contributed by atoms with Gasteiger partial charge in [0.1, 0.15) is 0 Å². The molecule has 1 aromatic heterocycles. The Morgan fingerprint density at radius 3 is 3.00 bits per heavy atom. The molecule has 1 N–H and O–H groups in total. The quantitative estimate of drug-likeness (QED) is 0.707. The van der Waals surface area contributed by atoms with E-state index >= 15 is 0 Å². The summed E-state index contributed by atoms with van der Waals surface area (Å²) in [6, 6.07) is 2.07. The van der Waals surface area contributed by atoms with Crippen LogP contribution in [0.25, 0.3) is 0 Å². The summed E-state index contributed by atoms with van der Waals surface area (Å²) in [5.74, 6) is -0.758. The lowest BCUT2D eigenvalue weighted by molar-refractivity contribution is -0.137. The number of hydrogen-bond acceptors (Lipinski definition) is 3. The van der Waals surface area contributed by atoms with E-state index in [-0.39, 0.29) is 6.42 Å². The average Bonchev–Trinajstić information content (AvgIpc) is 2.63. The van der Waals surface area contributed by atoms with E-state index in [0.29, 0.717) is 19.6 Å². The molecule has 0 amide bonds. The predicted octanol–water partition coefficient (Wildman–Crippen LogP) is 2.17. The predicted molar refractivity (Wildman–Crippen MR) is 55.7 cm³/mol. The van der Waals surface area contributed by atoms with Gasteiger partial charge in [-0.1, -0.05) is 0 Å². The van der Waals surface area contributed by atoms with Crippen molar-refractivity contribution < 1.29 is 14.6 Å². The summed E-state index contributed by atoms with van der Waals surface area (Å²) in [7, 11) is 0. The summed E-state index contributed by atoms with van der Waals surface area (Å²) in [4.78, 5) is 10.2. The number of carbonyl (C=O) groups is 1. The van der Waals surface area contributed by atoms with E-state index in [9.17, 15) is 4.79 Å². The Morgan fingerprint density at radius 1 is 1.50 bits per heavy atom. The minimum atomic E-state index is -0.758. The van der Waals surface area contributed by atoms with Crippen LogP contribution < -0.4 is 0 Å². The van der Waals surface area contributed by atoms with Crippen LogP contribution in [0.1, 0.15) is 18.4 Å². The van der Waals surface area contributed by atoms with E-state index in [2.05, 4.69) is 11.4 Å². The summed E-state index contributed by atoms with van der Waals surface area (Å²) in [6.07, 6.45) is 1.70. The highest BCUT2D eigenvalue weighted by molar-refractivity contribution is 7.07. The molecule has 0 radical (unpaired) electrons. The first kappa shape index (κ1) is 11.2. The Hall–Kier alpha value is -0.870. The van der Waals surface area contributed by atoms with E-state index in [1.165, 1.54) is 5.56 Å². The van der Waals surface area contributed by atoms with Gasteiger partial charge >= 0.3 is 5.97 Å². The van der Waals surface area contributed by atoms with Crippen LogP contribution in [0.4, 0.5) is 0 Å². The van der Waals surface area contributed by atoms with Crippen LogP contribution in [0.5, 0.6) is 0 Å². The second-order valence-corrected chi connectivity index (χ2v) is 3.77. The van der Waals surface area contributed by atoms with Crippen molar-refractivity contribution in [1.29, 1.82) is 0 Å². The minimum absolute atomic E-state index is 0.193. The van der Waals surface area contributed by atoms with E-state index in [1.54, 1.807) is 11.3 Å². The third-order valence-corrected chi connectivity index (χ3v) is 2.53. The van der Waals surface area contributed by atoms with Crippen LogP contribution in [0, 0.1) is 0 Å². The van der Waals surface area contributed by atoms with Crippen LogP contribution in [-0.2, 0) is 16.0 Å². The maximum absolute atomic E-state index is 10.2. The summed E-state index contributed by atoms with van der Waals surface area (Å²) in [6.45, 7) is 1.22. The zero-order chi connectivity index (χ0) is 10.2. The van der Waals surface area contributed by atoms with Crippen LogP contribution in [0.2, 0.25) is 0 Å². The lowest BCUT2D eigenvalue weighted by Gasteiger charge is -2.01. The molecule has 0 unspecified atom stereocenters. The minimum Gasteiger partial charge on any atom is -0.481 e. The Kier molecular flexibility index (Phi) is 5.25. The molecule has 0 bridgehead atoms. The fourth-order valence-electron chi connectivity index (χ4n) is 1.05. The largest absolute Gasteiger partial charge is 0.481 e. The normalized spacial score (nSPS) is 10.3. The monoisotopic (exact) mass is 214 g/mol. The summed E-state index contributed by atoms with van der Waals surface area (Å²) in [5.41, 5.74) is 1.29. The topological polar surface area (TPSA) is 46.5 Å². The highest BCUT2D eigenvalue weighted by Gasteiger charge is 1.97. The molecule has 0 fully saturated rings. The highest BCUT2D eigenvalue weighted by atomic mass is 32.1. The lowest BCUT2D eigenvalue weighted by atomic mass is 10.2. The van der Waals surface area contributed by atoms with Gasteiger partial charge < -0.3 is 9.84 Å². The maximum Gasteiger partial charge on any atom is 0.303 e. The van der Waals surface area contributed by atoms with Crippen LogP contribution >= 0.6 is 11.3 Å². The second kappa shape index (κ2) is 6.56. The lowest BCUT2D eigenvalue weighted by Crippen LogP contribution is -2.02. The van der Waals surface area contributed by atoms with Crippen molar-refractivity contribution in [2.75, 3.05) is 13.2 Å². The number of aliphatic carboxylic acids is 1. The number of carboxylic acids is 1. The molecule has 0 atom stereocenters. The fraction of sp³-hybridized carbons (Fsp3) is 0.500. The molecule has 1 rings (SSSR count). The van der Waals surface area contributed by atoms with Gasteiger partial charge in [0.15, 0.2) is 0 Å². The smallest absolute Gasteiger partial charge is 0.303 e. The Morgan fingerprint density at radius 2 is 2.36 bits per heavy atom. The summed E-state index contributed by atoms with van der Waals surface area (Å²) in [5, 5.41) is 12.5. The van der Waals surface area contributed by atoms with Gasteiger partial charge in [-0.15, -0.1) is 0 Å². The van der Waals surface area contributed by atoms with E-state index < -0.39 is 5.97 Å². The van der Waals surface area contributed by atoms with Gasteiger partial charge in [0.2, 0.25) is 0 Å². The Labute approximate surface area is 87.3 Å². The van der Waals surface area contributed by atoms with E-state index in [0.717, 1.165) is 6.42 Å². The van der Waals surface area contributed by atoms with Crippen molar-refractivity contribution in [2.45, 2.75) is 19.3 Å². The molecule has 0 saturated heterocycles. The van der Waals surface area contributed by atoms with Crippen molar-refractivity contribution in [1.82, 2.24) is 0 Å². The van der Waals surface area contributed by atoms with Gasteiger partial charge in [-0.2, -0.15) is 11.3 Å². The number of thiophene rings is 1. The van der Waals surface area contributed by atoms with Crippen LogP contribution in [-0.4, -0.2) is 24.3 Å². The molecule has 0 spiro atoms. The fourth-order valence-corrected chi connectivity index (χ4v) is 1.76. The van der Waals surface area contributed by atoms with Crippen molar-refractivity contribution >= 4 is 17.3 Å². The molecule has 0 aliphatic heterocycles. The third-order valence-electron chi connectivity index (χ3n) is 1.79. The van der Waals surface area contributed by atoms with Crippen LogP contribution in [0.3, 0.4) is 0 Å². The standard InChI is InChI=1S/C10H14O3S/c11-10(12)2-1-5-13-6-3-9-4-7-14-8-9/h4,7-8H,1-3,5-6H2,(H,11,12). The number of ether oxygens (including phenoxy) is 1. The first-order valence-corrected chi connectivity index (χ1v) is 5.54. The molecule has 14 heavy (non-hydrogen) atoms. The number of carboxylic acid groups (broad SMARTS) is 1. The second-order valence-electron chi connectivity index (χ2n) is 2.99. The molecular formula is C10H14O3S. The van der Waals surface area contributed by atoms with E-state index in [4.69, 9.17) is 9.84 Å². The zero-order valence-corrected chi connectivity index (χ0v) is 8.76. The summed E-state index contributed by atoms with van der Waals surface area (Å²) >= 11 is 1.68. The number of rotatable bonds is 7. The van der Waals surface area contributed by atoms with Crippen molar-refractivity contribution in [3.05, 3.63) is 22.4 Å². The first-order valence-electron chi connectivity index (χ1n) is 4.59. The molecule has 4 heteroatoms. The molecular weight excluding hydrogens is 200 g/mol. The molecule has 1 heterocycles. The average molecular weight is 214 g/mol. The molecule has 78 valence electrons. The molecule has 0 aliphatic rings. The van der Waals surface area contributed by atoms with Gasteiger partial charge in [-0.05, 0) is 35.2 Å². The van der Waals surface area contributed by atoms with Gasteiger partial charge in [0, 0.05) is 13.0 Å².